The standard InChI is InChI=1S/C9H7.C8H9NO.C2H7Si.2ClH.Ti/c1-2-5-9-7-3-6-8(9)4-1;1-6-4-2-3-5-7(6)8(9)10;1-3-2;;;/h1-7H;2-5H,1H3,(H2,9,10);3H,1-2H3;2*1H;/q;;;;;+3/p-3. The van der Waals surface area contributed by atoms with E-state index in [0.29, 0.717) is 4.22 Å². The molecule has 1 unspecified atom stereocenters. The predicted octanol–water partition coefficient (Wildman–Crippen LogP) is -1.98. The number of benzene rings is 2. The van der Waals surface area contributed by atoms with Crippen LogP contribution in [-0.2, 0) is 17.4 Å². The summed E-state index contributed by atoms with van der Waals surface area (Å²) in [7, 11) is 0. The number of hydrogen-bond acceptors (Lipinski definition) is 1. The van der Waals surface area contributed by atoms with Gasteiger partial charge in [0, 0.05) is 0 Å². The number of fused-ring (bicyclic) bond motifs is 1. The second-order valence-electron chi connectivity index (χ2n) is 6.34. The summed E-state index contributed by atoms with van der Waals surface area (Å²) in [6.45, 7) is 5.85. The van der Waals surface area contributed by atoms with Crippen LogP contribution in [0, 0.1) is 6.92 Å². The van der Waals surface area contributed by atoms with Crippen LogP contribution >= 0.6 is 0 Å². The van der Waals surface area contributed by atoms with Gasteiger partial charge < -0.3 is 24.8 Å². The van der Waals surface area contributed by atoms with Crippen molar-refractivity contribution in [2.75, 3.05) is 0 Å². The zero-order chi connectivity index (χ0) is 16.4. The smallest absolute Gasteiger partial charge is 1.00 e. The van der Waals surface area contributed by atoms with Crippen LogP contribution in [0.25, 0.3) is 6.08 Å². The Bertz CT molecular complexity index is 767. The molecule has 1 aliphatic rings. The summed E-state index contributed by atoms with van der Waals surface area (Å²) in [6.07, 6.45) is 4.55. The Labute approximate surface area is 169 Å². The van der Waals surface area contributed by atoms with E-state index in [1.165, 1.54) is 11.1 Å². The van der Waals surface area contributed by atoms with Gasteiger partial charge in [-0.2, -0.15) is 0 Å². The zero-order valence-corrected chi connectivity index (χ0v) is 18.8. The minimum atomic E-state index is -1.72. The molecule has 3 rings (SSSR count). The molecule has 0 saturated heterocycles. The fourth-order valence-corrected chi connectivity index (χ4v) is 12.9. The number of nitrogens with one attached hydrogen (secondary N) is 1. The molecular formula is C19H22Cl2NOSiTi. The summed E-state index contributed by atoms with van der Waals surface area (Å²) in [5.74, 6) is 0.122. The normalized spacial score (nSPS) is 14.3. The summed E-state index contributed by atoms with van der Waals surface area (Å²) in [5.41, 5.74) is 4.61. The van der Waals surface area contributed by atoms with Gasteiger partial charge in [0.05, 0.1) is 0 Å². The Morgan fingerprint density at radius 3 is 2.36 bits per heavy atom. The number of hydrogen-bond donors (Lipinski definition) is 1. The van der Waals surface area contributed by atoms with Crippen molar-refractivity contribution in [2.24, 2.45) is 0 Å². The molecule has 2 nitrogen and oxygen atoms in total. The van der Waals surface area contributed by atoms with Crippen molar-refractivity contribution in [1.29, 1.82) is 0 Å². The van der Waals surface area contributed by atoms with E-state index in [0.717, 1.165) is 11.1 Å². The monoisotopic (exact) mass is 426 g/mol. The Hall–Kier alpha value is -0.839. The molecule has 2 aromatic rings. The van der Waals surface area contributed by atoms with Crippen molar-refractivity contribution < 1.29 is 47.0 Å². The summed E-state index contributed by atoms with van der Waals surface area (Å²) >= 11 is -1.72. The number of carbonyl (C=O) groups excluding carboxylic acids is 1. The van der Waals surface area contributed by atoms with Crippen molar-refractivity contribution >= 4 is 18.6 Å². The minimum Gasteiger partial charge on any atom is -1.00 e. The average molecular weight is 427 g/mol. The molecule has 1 aliphatic carbocycles. The summed E-state index contributed by atoms with van der Waals surface area (Å²) in [6, 6.07) is 16.5. The molecule has 0 spiro atoms. The van der Waals surface area contributed by atoms with Crippen molar-refractivity contribution in [2.45, 2.75) is 24.2 Å². The Morgan fingerprint density at radius 2 is 1.68 bits per heavy atom. The first kappa shape index (κ1) is 22.2. The maximum Gasteiger partial charge on any atom is -1.00 e. The Morgan fingerprint density at radius 1 is 1.04 bits per heavy atom. The van der Waals surface area contributed by atoms with Crippen LogP contribution in [0.3, 0.4) is 0 Å². The van der Waals surface area contributed by atoms with E-state index in [9.17, 15) is 4.79 Å². The molecule has 0 heterocycles. The van der Waals surface area contributed by atoms with Crippen LogP contribution in [0.15, 0.2) is 54.6 Å². The van der Waals surface area contributed by atoms with Crippen LogP contribution in [0.1, 0.15) is 31.3 Å². The van der Waals surface area contributed by atoms with Crippen molar-refractivity contribution in [1.82, 2.24) is 3.80 Å². The van der Waals surface area contributed by atoms with Gasteiger partial charge in [-0.05, 0) is 0 Å². The molecule has 0 radical (unpaired) electrons. The van der Waals surface area contributed by atoms with Crippen LogP contribution in [0.4, 0.5) is 0 Å². The number of amides is 1. The van der Waals surface area contributed by atoms with Crippen LogP contribution in [-0.4, -0.2) is 12.6 Å². The summed E-state index contributed by atoms with van der Waals surface area (Å²) in [5, 5.41) is 0. The molecule has 0 saturated carbocycles. The van der Waals surface area contributed by atoms with Gasteiger partial charge in [-0.15, -0.1) is 0 Å². The molecule has 2 aromatic carbocycles. The first-order valence-corrected chi connectivity index (χ1v) is 15.4. The average Bonchev–Trinajstić information content (AvgIpc) is 2.96. The van der Waals surface area contributed by atoms with Gasteiger partial charge in [-0.3, -0.25) is 0 Å². The molecule has 1 atom stereocenters. The molecule has 0 aromatic heterocycles. The SMILES string of the molecule is Cc1ccccc1C(=O)[NH][Ti+2]([CH]1C=Cc2ccccc21)[SiH](C)C.[Cl-].[Cl-]. The quantitative estimate of drug-likeness (QED) is 0.564. The third-order valence-electron chi connectivity index (χ3n) is 4.40. The van der Waals surface area contributed by atoms with E-state index in [-0.39, 0.29) is 30.7 Å². The van der Waals surface area contributed by atoms with E-state index >= 15 is 0 Å². The molecule has 131 valence electrons. The van der Waals surface area contributed by atoms with Crippen molar-refractivity contribution in [3.8, 4) is 0 Å². The molecule has 0 fully saturated rings. The van der Waals surface area contributed by atoms with Crippen LogP contribution < -0.4 is 28.6 Å². The van der Waals surface area contributed by atoms with Gasteiger partial charge in [0.1, 0.15) is 0 Å². The van der Waals surface area contributed by atoms with E-state index in [4.69, 9.17) is 0 Å². The maximum atomic E-state index is 12.8. The fraction of sp³-hybridized carbons (Fsp3) is 0.211. The third kappa shape index (κ3) is 4.87. The number of allylic oxidation sites excluding steroid dienone is 1. The first-order valence-electron chi connectivity index (χ1n) is 8.08. The molecule has 1 amide bonds. The molecule has 25 heavy (non-hydrogen) atoms. The minimum absolute atomic E-state index is 0. The molecule has 6 heteroatoms. The van der Waals surface area contributed by atoms with E-state index in [1.54, 1.807) is 0 Å². The third-order valence-corrected chi connectivity index (χ3v) is 16.2. The summed E-state index contributed by atoms with van der Waals surface area (Å²) < 4.78 is 3.96. The first-order chi connectivity index (χ1) is 11.1. The number of aryl methyl sites for hydroxylation is 1. The second kappa shape index (κ2) is 9.75. The number of halogens is 2. The van der Waals surface area contributed by atoms with Gasteiger partial charge in [-0.25, -0.2) is 0 Å². The maximum absolute atomic E-state index is 12.8. The largest absolute Gasteiger partial charge is 1.00 e. The van der Waals surface area contributed by atoms with Gasteiger partial charge in [0.25, 0.3) is 0 Å². The predicted molar refractivity (Wildman–Crippen MR) is 95.7 cm³/mol. The number of carbonyl (C=O) groups is 1. The van der Waals surface area contributed by atoms with Crippen molar-refractivity contribution in [3.05, 3.63) is 76.9 Å². The number of rotatable bonds is 4. The van der Waals surface area contributed by atoms with Crippen LogP contribution in [0.2, 0.25) is 13.1 Å². The van der Waals surface area contributed by atoms with E-state index in [1.807, 2.05) is 31.2 Å². The van der Waals surface area contributed by atoms with Gasteiger partial charge in [-0.1, -0.05) is 0 Å². The van der Waals surface area contributed by atoms with Gasteiger partial charge >= 0.3 is 146 Å². The van der Waals surface area contributed by atoms with Gasteiger partial charge in [0.2, 0.25) is 0 Å². The topological polar surface area (TPSA) is 29.1 Å². The molecule has 1 N–H and O–H groups in total. The molecule has 0 aliphatic heterocycles. The van der Waals surface area contributed by atoms with Crippen LogP contribution in [0.5, 0.6) is 0 Å². The zero-order valence-electron chi connectivity index (χ0n) is 14.6. The summed E-state index contributed by atoms with van der Waals surface area (Å²) in [4.78, 5) is 12.8. The van der Waals surface area contributed by atoms with Gasteiger partial charge in [0.15, 0.2) is 0 Å². The Balaban J connectivity index is 0.00000156. The van der Waals surface area contributed by atoms with Crippen molar-refractivity contribution in [3.63, 3.8) is 0 Å². The second-order valence-corrected chi connectivity index (χ2v) is 19.4. The van der Waals surface area contributed by atoms with E-state index in [2.05, 4.69) is 53.3 Å². The fourth-order valence-electron chi connectivity index (χ4n) is 3.13. The molecular weight excluding hydrogens is 405 g/mol. The van der Waals surface area contributed by atoms with E-state index < -0.39 is 24.0 Å². The molecule has 0 bridgehead atoms. The Kier molecular flexibility index (Phi) is 8.66.